The number of aliphatic hydroxyl groups is 1. The smallest absolute Gasteiger partial charge is 0.179 e. The lowest BCUT2D eigenvalue weighted by molar-refractivity contribution is 0.00241. The van der Waals surface area contributed by atoms with Gasteiger partial charge in [0.15, 0.2) is 9.84 Å². The lowest BCUT2D eigenvalue weighted by Gasteiger charge is -2.42. The quantitative estimate of drug-likeness (QED) is 0.843. The minimum absolute atomic E-state index is 0.0571. The molecule has 1 aliphatic heterocycles. The van der Waals surface area contributed by atoms with Gasteiger partial charge >= 0.3 is 0 Å². The van der Waals surface area contributed by atoms with E-state index in [4.69, 9.17) is 0 Å². The van der Waals surface area contributed by atoms with Crippen molar-refractivity contribution in [2.24, 2.45) is 5.41 Å². The molecular weight excluding hydrogens is 332 g/mol. The summed E-state index contributed by atoms with van der Waals surface area (Å²) in [4.78, 5) is 0.394. The van der Waals surface area contributed by atoms with Crippen molar-refractivity contribution in [2.75, 3.05) is 5.75 Å². The highest BCUT2D eigenvalue weighted by Gasteiger charge is 2.50. The zero-order valence-corrected chi connectivity index (χ0v) is 15.1. The fraction of sp³-hybridized carbons (Fsp3) is 0.429. The van der Waals surface area contributed by atoms with E-state index in [1.54, 1.807) is 12.1 Å². The molecule has 2 aromatic rings. The van der Waals surface area contributed by atoms with Crippen LogP contribution in [0.25, 0.3) is 0 Å². The summed E-state index contributed by atoms with van der Waals surface area (Å²) < 4.78 is 26.4. The molecule has 1 heterocycles. The molecule has 2 atom stereocenters. The molecule has 1 fully saturated rings. The summed E-state index contributed by atoms with van der Waals surface area (Å²) in [5, 5.41) is 11.5. The van der Waals surface area contributed by atoms with Crippen molar-refractivity contribution in [3.05, 3.63) is 65.7 Å². The molecule has 1 aliphatic carbocycles. The summed E-state index contributed by atoms with van der Waals surface area (Å²) in [5.41, 5.74) is 1.18. The molecule has 4 rings (SSSR count). The minimum atomic E-state index is -3.42. The number of benzene rings is 2. The van der Waals surface area contributed by atoms with Crippen LogP contribution in [0.1, 0.15) is 49.1 Å². The Labute approximate surface area is 149 Å². The minimum Gasteiger partial charge on any atom is -0.392 e. The summed E-state index contributed by atoms with van der Waals surface area (Å²) in [5.74, 6) is -0.241. The predicted molar refractivity (Wildman–Crippen MR) is 98.3 cm³/mol. The average Bonchev–Trinajstić information content (AvgIpc) is 2.69. The first-order valence-electron chi connectivity index (χ1n) is 9.08. The van der Waals surface area contributed by atoms with E-state index in [-0.39, 0.29) is 11.7 Å². The van der Waals surface area contributed by atoms with E-state index in [0.717, 1.165) is 43.2 Å². The molecular formula is C21H24O3S. The molecule has 1 spiro atoms. The highest BCUT2D eigenvalue weighted by molar-refractivity contribution is 7.91. The number of aliphatic hydroxyl groups excluding tert-OH is 1. The van der Waals surface area contributed by atoms with E-state index < -0.39 is 21.4 Å². The monoisotopic (exact) mass is 356 g/mol. The summed E-state index contributed by atoms with van der Waals surface area (Å²) in [7, 11) is -3.42. The molecule has 0 bridgehead atoms. The molecule has 0 amide bonds. The van der Waals surface area contributed by atoms with Crippen LogP contribution in [-0.4, -0.2) is 25.4 Å². The molecule has 2 unspecified atom stereocenters. The Morgan fingerprint density at radius 3 is 2.24 bits per heavy atom. The molecule has 2 aromatic carbocycles. The van der Waals surface area contributed by atoms with Crippen LogP contribution in [0.4, 0.5) is 0 Å². The van der Waals surface area contributed by atoms with E-state index in [9.17, 15) is 13.5 Å². The molecule has 132 valence electrons. The number of hydrogen-bond acceptors (Lipinski definition) is 3. The second-order valence-corrected chi connectivity index (χ2v) is 9.51. The summed E-state index contributed by atoms with van der Waals surface area (Å²) in [6, 6.07) is 17.1. The number of fused-ring (bicyclic) bond motifs is 1. The van der Waals surface area contributed by atoms with Crippen LogP contribution in [0.15, 0.2) is 59.5 Å². The maximum atomic E-state index is 13.2. The van der Waals surface area contributed by atoms with Gasteiger partial charge in [-0.3, -0.25) is 0 Å². The van der Waals surface area contributed by atoms with E-state index in [1.165, 1.54) is 0 Å². The lowest BCUT2D eigenvalue weighted by Crippen LogP contribution is -2.44. The summed E-state index contributed by atoms with van der Waals surface area (Å²) in [6.07, 6.45) is 3.98. The van der Waals surface area contributed by atoms with Crippen molar-refractivity contribution in [1.29, 1.82) is 0 Å². The van der Waals surface area contributed by atoms with Crippen molar-refractivity contribution < 1.29 is 13.5 Å². The van der Waals surface area contributed by atoms with Crippen molar-refractivity contribution >= 4 is 9.84 Å². The van der Waals surface area contributed by atoms with Gasteiger partial charge in [0.1, 0.15) is 0 Å². The van der Waals surface area contributed by atoms with Crippen LogP contribution >= 0.6 is 0 Å². The third-order valence-corrected chi connectivity index (χ3v) is 8.01. The van der Waals surface area contributed by atoms with Gasteiger partial charge in [0.05, 0.1) is 16.8 Å². The Balaban J connectivity index is 1.96. The van der Waals surface area contributed by atoms with Gasteiger partial charge in [0.25, 0.3) is 0 Å². The van der Waals surface area contributed by atoms with Crippen LogP contribution in [0, 0.1) is 5.41 Å². The second-order valence-electron chi connectivity index (χ2n) is 7.55. The summed E-state index contributed by atoms with van der Waals surface area (Å²) >= 11 is 0. The van der Waals surface area contributed by atoms with Crippen molar-refractivity contribution in [1.82, 2.24) is 0 Å². The van der Waals surface area contributed by atoms with Gasteiger partial charge in [-0.2, -0.15) is 0 Å². The first-order valence-corrected chi connectivity index (χ1v) is 10.7. The SMILES string of the molecule is O=S1(=O)CC2(CCCCC2)C(O)C(c2ccccc2)c2ccccc21. The van der Waals surface area contributed by atoms with Gasteiger partial charge < -0.3 is 5.11 Å². The van der Waals surface area contributed by atoms with Crippen molar-refractivity contribution in [2.45, 2.75) is 49.0 Å². The van der Waals surface area contributed by atoms with Gasteiger partial charge in [0.2, 0.25) is 0 Å². The zero-order valence-electron chi connectivity index (χ0n) is 14.3. The molecule has 3 nitrogen and oxygen atoms in total. The topological polar surface area (TPSA) is 54.4 Å². The molecule has 1 saturated carbocycles. The molecule has 0 saturated heterocycles. The van der Waals surface area contributed by atoms with Crippen LogP contribution in [-0.2, 0) is 9.84 Å². The fourth-order valence-electron chi connectivity index (χ4n) is 4.80. The van der Waals surface area contributed by atoms with E-state index in [2.05, 4.69) is 0 Å². The zero-order chi connectivity index (χ0) is 17.5. The highest BCUT2D eigenvalue weighted by Crippen LogP contribution is 2.50. The standard InChI is InChI=1S/C21H24O3S/c22-20-19(16-9-3-1-4-10-16)17-11-5-6-12-18(17)25(23,24)15-21(20)13-7-2-8-14-21/h1,3-6,9-12,19-20,22H,2,7-8,13-15H2. The maximum absolute atomic E-state index is 13.2. The van der Waals surface area contributed by atoms with Gasteiger partial charge in [-0.05, 0) is 30.0 Å². The first-order chi connectivity index (χ1) is 12.0. The Morgan fingerprint density at radius 1 is 0.880 bits per heavy atom. The van der Waals surface area contributed by atoms with E-state index in [0.29, 0.717) is 4.90 Å². The first kappa shape index (κ1) is 16.8. The van der Waals surface area contributed by atoms with Gasteiger partial charge in [-0.15, -0.1) is 0 Å². The third-order valence-electron chi connectivity index (χ3n) is 6.02. The normalized spacial score (nSPS) is 27.4. The molecule has 4 heteroatoms. The van der Waals surface area contributed by atoms with Crippen LogP contribution in [0.3, 0.4) is 0 Å². The largest absolute Gasteiger partial charge is 0.392 e. The number of sulfone groups is 1. The van der Waals surface area contributed by atoms with E-state index >= 15 is 0 Å². The van der Waals surface area contributed by atoms with Gasteiger partial charge in [-0.1, -0.05) is 67.8 Å². The van der Waals surface area contributed by atoms with Crippen molar-refractivity contribution in [3.8, 4) is 0 Å². The second kappa shape index (κ2) is 6.26. The Bertz CT molecular complexity index is 852. The highest BCUT2D eigenvalue weighted by atomic mass is 32.2. The Hall–Kier alpha value is -1.65. The maximum Gasteiger partial charge on any atom is 0.179 e. The molecule has 25 heavy (non-hydrogen) atoms. The Kier molecular flexibility index (Phi) is 4.20. The van der Waals surface area contributed by atoms with Crippen LogP contribution in [0.2, 0.25) is 0 Å². The Morgan fingerprint density at radius 2 is 1.52 bits per heavy atom. The molecule has 1 N–H and O–H groups in total. The van der Waals surface area contributed by atoms with Gasteiger partial charge in [-0.25, -0.2) is 8.42 Å². The van der Waals surface area contributed by atoms with Crippen LogP contribution < -0.4 is 0 Å². The number of hydrogen-bond donors (Lipinski definition) is 1. The lowest BCUT2D eigenvalue weighted by atomic mass is 9.66. The fourth-order valence-corrected chi connectivity index (χ4v) is 7.02. The average molecular weight is 356 g/mol. The molecule has 2 aliphatic rings. The van der Waals surface area contributed by atoms with Crippen molar-refractivity contribution in [3.63, 3.8) is 0 Å². The van der Waals surface area contributed by atoms with E-state index in [1.807, 2.05) is 42.5 Å². The third kappa shape index (κ3) is 2.81. The summed E-state index contributed by atoms with van der Waals surface area (Å²) in [6.45, 7) is 0. The molecule has 0 radical (unpaired) electrons. The number of rotatable bonds is 1. The van der Waals surface area contributed by atoms with Gasteiger partial charge in [0, 0.05) is 11.3 Å². The molecule has 0 aromatic heterocycles. The predicted octanol–water partition coefficient (Wildman–Crippen LogP) is 3.92. The van der Waals surface area contributed by atoms with Crippen LogP contribution in [0.5, 0.6) is 0 Å².